The van der Waals surface area contributed by atoms with E-state index in [4.69, 9.17) is 14.4 Å². The van der Waals surface area contributed by atoms with Crippen molar-refractivity contribution in [2.45, 2.75) is 45.4 Å². The lowest BCUT2D eigenvalue weighted by atomic mass is 10.1. The first-order chi connectivity index (χ1) is 11.2. The molecule has 2 rings (SSSR count). The first kappa shape index (κ1) is 17.1. The summed E-state index contributed by atoms with van der Waals surface area (Å²) in [5.41, 5.74) is 0.615. The number of carboxylic acid groups (broad SMARTS) is 1. The fourth-order valence-corrected chi connectivity index (χ4v) is 2.36. The first-order valence-corrected chi connectivity index (χ1v) is 8.14. The zero-order chi connectivity index (χ0) is 16.5. The van der Waals surface area contributed by atoms with Crippen LogP contribution in [0.25, 0.3) is 11.3 Å². The van der Waals surface area contributed by atoms with Gasteiger partial charge in [0.1, 0.15) is 5.75 Å². The van der Waals surface area contributed by atoms with Crippen LogP contribution in [0.1, 0.15) is 55.9 Å². The minimum absolute atomic E-state index is 0.106. The molecule has 124 valence electrons. The van der Waals surface area contributed by atoms with E-state index >= 15 is 0 Å². The van der Waals surface area contributed by atoms with Crippen molar-refractivity contribution in [3.63, 3.8) is 0 Å². The highest BCUT2D eigenvalue weighted by Gasteiger charge is 2.15. The van der Waals surface area contributed by atoms with E-state index in [9.17, 15) is 4.79 Å². The SMILES string of the molecule is CCCCCCCCOc1ccccc1-c1cc(C(=O)O)no1. The molecule has 0 unspecified atom stereocenters. The highest BCUT2D eigenvalue weighted by Crippen LogP contribution is 2.30. The van der Waals surface area contributed by atoms with Gasteiger partial charge in [-0.15, -0.1) is 0 Å². The molecule has 2 aromatic rings. The van der Waals surface area contributed by atoms with Gasteiger partial charge in [0.25, 0.3) is 0 Å². The number of para-hydroxylation sites is 1. The molecule has 0 saturated carbocycles. The van der Waals surface area contributed by atoms with E-state index in [0.717, 1.165) is 18.4 Å². The second-order valence-corrected chi connectivity index (χ2v) is 5.49. The van der Waals surface area contributed by atoms with Crippen molar-refractivity contribution < 1.29 is 19.2 Å². The Morgan fingerprint density at radius 2 is 1.91 bits per heavy atom. The van der Waals surface area contributed by atoms with E-state index in [1.165, 1.54) is 31.7 Å². The van der Waals surface area contributed by atoms with Crippen molar-refractivity contribution in [1.82, 2.24) is 5.16 Å². The number of nitrogens with zero attached hydrogens (tertiary/aromatic N) is 1. The lowest BCUT2D eigenvalue weighted by molar-refractivity contribution is 0.0686. The molecule has 5 heteroatoms. The van der Waals surface area contributed by atoms with Gasteiger partial charge in [0.15, 0.2) is 11.5 Å². The second kappa shape index (κ2) is 8.98. The van der Waals surface area contributed by atoms with Crippen LogP contribution in [0.4, 0.5) is 0 Å². The van der Waals surface area contributed by atoms with Crippen LogP contribution in [0, 0.1) is 0 Å². The number of ether oxygens (including phenoxy) is 1. The quantitative estimate of drug-likeness (QED) is 0.638. The molecule has 0 radical (unpaired) electrons. The Morgan fingerprint density at radius 3 is 2.65 bits per heavy atom. The van der Waals surface area contributed by atoms with Crippen molar-refractivity contribution in [1.29, 1.82) is 0 Å². The van der Waals surface area contributed by atoms with Gasteiger partial charge in [-0.2, -0.15) is 0 Å². The number of hydrogen-bond acceptors (Lipinski definition) is 4. The molecule has 0 aliphatic heterocycles. The van der Waals surface area contributed by atoms with Crippen molar-refractivity contribution in [3.05, 3.63) is 36.0 Å². The topological polar surface area (TPSA) is 72.6 Å². The van der Waals surface area contributed by atoms with Crippen LogP contribution in [0.2, 0.25) is 0 Å². The molecule has 0 aliphatic carbocycles. The van der Waals surface area contributed by atoms with Crippen LogP contribution in [0.15, 0.2) is 34.9 Å². The molecular weight excluding hydrogens is 294 g/mol. The summed E-state index contributed by atoms with van der Waals surface area (Å²) in [5, 5.41) is 12.5. The minimum Gasteiger partial charge on any atom is -0.493 e. The van der Waals surface area contributed by atoms with E-state index in [2.05, 4.69) is 12.1 Å². The molecule has 0 fully saturated rings. The maximum Gasteiger partial charge on any atom is 0.358 e. The van der Waals surface area contributed by atoms with Gasteiger partial charge in [0, 0.05) is 6.07 Å². The Morgan fingerprint density at radius 1 is 1.17 bits per heavy atom. The molecule has 0 aliphatic rings. The summed E-state index contributed by atoms with van der Waals surface area (Å²) < 4.78 is 10.9. The standard InChI is InChI=1S/C18H23NO4/c1-2-3-4-5-6-9-12-22-16-11-8-7-10-14(16)17-13-15(18(20)21)19-23-17/h7-8,10-11,13H,2-6,9,12H2,1H3,(H,20,21). The molecule has 0 bridgehead atoms. The van der Waals surface area contributed by atoms with Gasteiger partial charge in [-0.3, -0.25) is 0 Å². The second-order valence-electron chi connectivity index (χ2n) is 5.49. The number of carbonyl (C=O) groups is 1. The molecule has 1 heterocycles. The molecule has 5 nitrogen and oxygen atoms in total. The van der Waals surface area contributed by atoms with Crippen LogP contribution in [-0.4, -0.2) is 22.8 Å². The van der Waals surface area contributed by atoms with Gasteiger partial charge in [-0.1, -0.05) is 56.3 Å². The van der Waals surface area contributed by atoms with E-state index in [0.29, 0.717) is 18.1 Å². The number of unbranched alkanes of at least 4 members (excludes halogenated alkanes) is 5. The average molecular weight is 317 g/mol. The smallest absolute Gasteiger partial charge is 0.358 e. The summed E-state index contributed by atoms with van der Waals surface area (Å²) in [7, 11) is 0. The minimum atomic E-state index is -1.11. The summed E-state index contributed by atoms with van der Waals surface area (Å²) in [6, 6.07) is 8.85. The van der Waals surface area contributed by atoms with Gasteiger partial charge < -0.3 is 14.4 Å². The summed E-state index contributed by atoms with van der Waals surface area (Å²) in [6.45, 7) is 2.85. The van der Waals surface area contributed by atoms with Gasteiger partial charge >= 0.3 is 5.97 Å². The third-order valence-electron chi connectivity index (χ3n) is 3.64. The van der Waals surface area contributed by atoms with Crippen molar-refractivity contribution in [2.75, 3.05) is 6.61 Å². The van der Waals surface area contributed by atoms with Crippen LogP contribution >= 0.6 is 0 Å². The van der Waals surface area contributed by atoms with Crippen molar-refractivity contribution in [3.8, 4) is 17.1 Å². The maximum absolute atomic E-state index is 10.9. The number of rotatable bonds is 10. The molecule has 0 spiro atoms. The fraction of sp³-hybridized carbons (Fsp3) is 0.444. The van der Waals surface area contributed by atoms with E-state index < -0.39 is 5.97 Å². The number of benzene rings is 1. The third-order valence-corrected chi connectivity index (χ3v) is 3.64. The molecule has 1 aromatic heterocycles. The summed E-state index contributed by atoms with van der Waals surface area (Å²) in [6.07, 6.45) is 7.23. The van der Waals surface area contributed by atoms with Gasteiger partial charge in [0.05, 0.1) is 12.2 Å². The Bertz CT molecular complexity index is 621. The molecule has 0 atom stereocenters. The van der Waals surface area contributed by atoms with Gasteiger partial charge in [0.2, 0.25) is 0 Å². The van der Waals surface area contributed by atoms with E-state index in [1.807, 2.05) is 24.3 Å². The molecule has 1 aromatic carbocycles. The highest BCUT2D eigenvalue weighted by molar-refractivity contribution is 5.86. The lowest BCUT2D eigenvalue weighted by Gasteiger charge is -2.09. The van der Waals surface area contributed by atoms with Crippen molar-refractivity contribution in [2.24, 2.45) is 0 Å². The van der Waals surface area contributed by atoms with Gasteiger partial charge in [-0.05, 0) is 18.6 Å². The van der Waals surface area contributed by atoms with Crippen LogP contribution in [-0.2, 0) is 0 Å². The maximum atomic E-state index is 10.9. The molecule has 0 amide bonds. The first-order valence-electron chi connectivity index (χ1n) is 8.14. The molecular formula is C18H23NO4. The highest BCUT2D eigenvalue weighted by atomic mass is 16.5. The Kier molecular flexibility index (Phi) is 6.66. The Labute approximate surface area is 136 Å². The number of carboxylic acids is 1. The predicted octanol–water partition coefficient (Wildman–Crippen LogP) is 4.78. The number of aromatic carboxylic acids is 1. The van der Waals surface area contributed by atoms with Crippen LogP contribution < -0.4 is 4.74 Å². The normalized spacial score (nSPS) is 10.7. The predicted molar refractivity (Wildman–Crippen MR) is 87.8 cm³/mol. The zero-order valence-corrected chi connectivity index (χ0v) is 13.5. The van der Waals surface area contributed by atoms with E-state index in [-0.39, 0.29) is 5.69 Å². The molecule has 0 saturated heterocycles. The largest absolute Gasteiger partial charge is 0.493 e. The van der Waals surface area contributed by atoms with Crippen LogP contribution in [0.3, 0.4) is 0 Å². The monoisotopic (exact) mass is 317 g/mol. The van der Waals surface area contributed by atoms with Gasteiger partial charge in [-0.25, -0.2) is 4.79 Å². The molecule has 23 heavy (non-hydrogen) atoms. The third kappa shape index (κ3) is 5.13. The lowest BCUT2D eigenvalue weighted by Crippen LogP contribution is -1.98. The average Bonchev–Trinajstić information content (AvgIpc) is 3.04. The Hall–Kier alpha value is -2.30. The molecule has 1 N–H and O–H groups in total. The number of hydrogen-bond donors (Lipinski definition) is 1. The zero-order valence-electron chi connectivity index (χ0n) is 13.5. The summed E-state index contributed by atoms with van der Waals surface area (Å²) in [5.74, 6) is -0.0134. The van der Waals surface area contributed by atoms with Crippen molar-refractivity contribution >= 4 is 5.97 Å². The number of aromatic nitrogens is 1. The fourth-order valence-electron chi connectivity index (χ4n) is 2.36. The van der Waals surface area contributed by atoms with Crippen LogP contribution in [0.5, 0.6) is 5.75 Å². The Balaban J connectivity index is 1.91. The van der Waals surface area contributed by atoms with E-state index in [1.54, 1.807) is 0 Å². The summed E-state index contributed by atoms with van der Waals surface area (Å²) >= 11 is 0. The summed E-state index contributed by atoms with van der Waals surface area (Å²) in [4.78, 5) is 10.9.